The molecule has 1 aromatic carbocycles. The summed E-state index contributed by atoms with van der Waals surface area (Å²) in [5, 5.41) is 1.97. The predicted octanol–water partition coefficient (Wildman–Crippen LogP) is 3.80. The molecular formula is C13H21P. The summed E-state index contributed by atoms with van der Waals surface area (Å²) >= 11 is 0. The second-order valence-corrected chi connectivity index (χ2v) is 6.92. The average molecular weight is 208 g/mol. The highest BCUT2D eigenvalue weighted by Crippen LogP contribution is 2.33. The third-order valence-electron chi connectivity index (χ3n) is 2.59. The fourth-order valence-corrected chi connectivity index (χ4v) is 3.08. The third kappa shape index (κ3) is 3.42. The van der Waals surface area contributed by atoms with Crippen LogP contribution in [0, 0.1) is 13.8 Å². The van der Waals surface area contributed by atoms with Crippen LogP contribution in [0.2, 0.25) is 0 Å². The van der Waals surface area contributed by atoms with E-state index in [1.165, 1.54) is 22.9 Å². The minimum atomic E-state index is 0.459. The smallest absolute Gasteiger partial charge is 0.0141 e. The molecule has 1 rings (SSSR count). The van der Waals surface area contributed by atoms with Gasteiger partial charge in [0, 0.05) is 0 Å². The van der Waals surface area contributed by atoms with Crippen molar-refractivity contribution in [3.63, 3.8) is 0 Å². The van der Waals surface area contributed by atoms with E-state index in [0.717, 1.165) is 8.58 Å². The van der Waals surface area contributed by atoms with E-state index in [1.807, 2.05) is 0 Å². The van der Waals surface area contributed by atoms with Crippen LogP contribution in [0.5, 0.6) is 0 Å². The summed E-state index contributed by atoms with van der Waals surface area (Å²) < 4.78 is 0. The zero-order valence-electron chi connectivity index (χ0n) is 9.94. The van der Waals surface area contributed by atoms with Crippen LogP contribution in [0.15, 0.2) is 18.2 Å². The van der Waals surface area contributed by atoms with Crippen molar-refractivity contribution in [3.8, 4) is 0 Å². The lowest BCUT2D eigenvalue weighted by Crippen LogP contribution is -2.15. The number of hydrogen-bond acceptors (Lipinski definition) is 0. The predicted molar refractivity (Wildman–Crippen MR) is 68.2 cm³/mol. The number of rotatable bonds is 3. The van der Waals surface area contributed by atoms with Crippen molar-refractivity contribution in [2.45, 2.75) is 46.2 Å². The molecule has 1 atom stereocenters. The molecule has 0 spiro atoms. The SMILES string of the molecule is CCC(C)(C)Pc1cc(C)cc(C)c1. The molecule has 0 bridgehead atoms. The van der Waals surface area contributed by atoms with Crippen LogP contribution >= 0.6 is 8.58 Å². The van der Waals surface area contributed by atoms with Crippen LogP contribution in [0.25, 0.3) is 0 Å². The first-order valence-electron chi connectivity index (χ1n) is 5.29. The van der Waals surface area contributed by atoms with E-state index in [9.17, 15) is 0 Å². The van der Waals surface area contributed by atoms with Crippen LogP contribution in [-0.4, -0.2) is 5.16 Å². The average Bonchev–Trinajstić information content (AvgIpc) is 2.01. The monoisotopic (exact) mass is 208 g/mol. The fourth-order valence-electron chi connectivity index (χ4n) is 1.53. The molecule has 14 heavy (non-hydrogen) atoms. The van der Waals surface area contributed by atoms with Crippen molar-refractivity contribution in [2.24, 2.45) is 0 Å². The summed E-state index contributed by atoms with van der Waals surface area (Å²) in [6, 6.07) is 6.89. The van der Waals surface area contributed by atoms with E-state index < -0.39 is 0 Å². The van der Waals surface area contributed by atoms with Gasteiger partial charge in [0.1, 0.15) is 0 Å². The molecule has 0 radical (unpaired) electrons. The molecule has 0 saturated heterocycles. The lowest BCUT2D eigenvalue weighted by Gasteiger charge is -2.23. The minimum absolute atomic E-state index is 0.459. The molecule has 0 aliphatic carbocycles. The highest BCUT2D eigenvalue weighted by Gasteiger charge is 2.15. The molecule has 0 nitrogen and oxygen atoms in total. The zero-order valence-corrected chi connectivity index (χ0v) is 10.9. The fraction of sp³-hybridized carbons (Fsp3) is 0.538. The quantitative estimate of drug-likeness (QED) is 0.663. The Morgan fingerprint density at radius 2 is 1.57 bits per heavy atom. The molecular weight excluding hydrogens is 187 g/mol. The first-order chi connectivity index (χ1) is 6.43. The van der Waals surface area contributed by atoms with Crippen LogP contribution in [0.1, 0.15) is 38.3 Å². The van der Waals surface area contributed by atoms with E-state index >= 15 is 0 Å². The van der Waals surface area contributed by atoms with Gasteiger partial charge in [0.15, 0.2) is 0 Å². The molecule has 1 unspecified atom stereocenters. The third-order valence-corrected chi connectivity index (χ3v) is 4.20. The highest BCUT2D eigenvalue weighted by molar-refractivity contribution is 7.48. The second-order valence-electron chi connectivity index (χ2n) is 4.74. The van der Waals surface area contributed by atoms with Crippen molar-refractivity contribution >= 4 is 13.9 Å². The summed E-state index contributed by atoms with van der Waals surface area (Å²) in [6.45, 7) is 11.3. The Labute approximate surface area is 89.9 Å². The Morgan fingerprint density at radius 3 is 2.00 bits per heavy atom. The normalized spacial score (nSPS) is 12.6. The van der Waals surface area contributed by atoms with Crippen molar-refractivity contribution in [1.29, 1.82) is 0 Å². The first-order valence-corrected chi connectivity index (χ1v) is 6.29. The maximum absolute atomic E-state index is 2.35. The molecule has 0 heterocycles. The van der Waals surface area contributed by atoms with Crippen LogP contribution in [0.4, 0.5) is 0 Å². The van der Waals surface area contributed by atoms with E-state index in [0.29, 0.717) is 5.16 Å². The van der Waals surface area contributed by atoms with Gasteiger partial charge in [-0.1, -0.05) is 58.7 Å². The lowest BCUT2D eigenvalue weighted by atomic mass is 10.1. The molecule has 0 aliphatic rings. The Bertz CT molecular complexity index is 293. The van der Waals surface area contributed by atoms with Crippen LogP contribution in [0.3, 0.4) is 0 Å². The molecule has 0 fully saturated rings. The molecule has 0 aliphatic heterocycles. The van der Waals surface area contributed by atoms with Crippen LogP contribution in [-0.2, 0) is 0 Å². The van der Waals surface area contributed by atoms with E-state index in [1.54, 1.807) is 0 Å². The van der Waals surface area contributed by atoms with Gasteiger partial charge >= 0.3 is 0 Å². The molecule has 78 valence electrons. The summed E-state index contributed by atoms with van der Waals surface area (Å²) in [6.07, 6.45) is 1.25. The van der Waals surface area contributed by atoms with Crippen molar-refractivity contribution in [2.75, 3.05) is 0 Å². The van der Waals surface area contributed by atoms with Gasteiger partial charge in [-0.05, 0) is 30.7 Å². The standard InChI is InChI=1S/C13H21P/c1-6-13(4,5)14-12-8-10(2)7-11(3)9-12/h7-9,14H,6H2,1-5H3. The van der Waals surface area contributed by atoms with Gasteiger partial charge in [-0.15, -0.1) is 0 Å². The van der Waals surface area contributed by atoms with Gasteiger partial charge in [0.25, 0.3) is 0 Å². The van der Waals surface area contributed by atoms with Crippen molar-refractivity contribution in [3.05, 3.63) is 29.3 Å². The van der Waals surface area contributed by atoms with Gasteiger partial charge in [-0.2, -0.15) is 0 Å². The maximum atomic E-state index is 2.35. The number of aryl methyl sites for hydroxylation is 2. The Kier molecular flexibility index (Phi) is 3.72. The lowest BCUT2D eigenvalue weighted by molar-refractivity contribution is 0.681. The highest BCUT2D eigenvalue weighted by atomic mass is 31.1. The van der Waals surface area contributed by atoms with Gasteiger partial charge in [0.2, 0.25) is 0 Å². The number of benzene rings is 1. The molecule has 1 aromatic rings. The summed E-state index contributed by atoms with van der Waals surface area (Å²) in [5.41, 5.74) is 2.78. The van der Waals surface area contributed by atoms with Gasteiger partial charge in [0.05, 0.1) is 0 Å². The summed E-state index contributed by atoms with van der Waals surface area (Å²) in [4.78, 5) is 0. The molecule has 0 N–H and O–H groups in total. The van der Waals surface area contributed by atoms with E-state index in [2.05, 4.69) is 52.8 Å². The van der Waals surface area contributed by atoms with E-state index in [-0.39, 0.29) is 0 Å². The Morgan fingerprint density at radius 1 is 1.07 bits per heavy atom. The minimum Gasteiger partial charge on any atom is -0.0846 e. The first kappa shape index (κ1) is 11.7. The topological polar surface area (TPSA) is 0 Å². The van der Waals surface area contributed by atoms with Gasteiger partial charge in [-0.25, -0.2) is 0 Å². The Balaban J connectivity index is 2.87. The second kappa shape index (κ2) is 4.45. The number of hydrogen-bond donors (Lipinski definition) is 0. The van der Waals surface area contributed by atoms with Gasteiger partial charge < -0.3 is 0 Å². The van der Waals surface area contributed by atoms with E-state index in [4.69, 9.17) is 0 Å². The molecule has 1 heteroatoms. The zero-order chi connectivity index (χ0) is 10.8. The van der Waals surface area contributed by atoms with Crippen molar-refractivity contribution < 1.29 is 0 Å². The molecule has 0 amide bonds. The van der Waals surface area contributed by atoms with Crippen LogP contribution < -0.4 is 5.30 Å². The molecule has 0 aromatic heterocycles. The summed E-state index contributed by atoms with van der Waals surface area (Å²) in [5.74, 6) is 0. The maximum Gasteiger partial charge on any atom is -0.0141 e. The Hall–Kier alpha value is -0.350. The van der Waals surface area contributed by atoms with Crippen molar-refractivity contribution in [1.82, 2.24) is 0 Å². The largest absolute Gasteiger partial charge is 0.0846 e. The summed E-state index contributed by atoms with van der Waals surface area (Å²) in [7, 11) is 0.924. The molecule has 0 saturated carbocycles. The van der Waals surface area contributed by atoms with Gasteiger partial charge in [-0.3, -0.25) is 0 Å².